The molecule has 0 spiro atoms. The van der Waals surface area contributed by atoms with Crippen molar-refractivity contribution >= 4 is 23.4 Å². The number of carbonyl (C=O) groups is 2. The summed E-state index contributed by atoms with van der Waals surface area (Å²) in [5.74, 6) is 0.435. The van der Waals surface area contributed by atoms with E-state index in [9.17, 15) is 9.59 Å². The van der Waals surface area contributed by atoms with Gasteiger partial charge in [-0.1, -0.05) is 11.6 Å². The molecule has 0 saturated carbocycles. The maximum absolute atomic E-state index is 12.4. The molecule has 1 aromatic heterocycles. The third kappa shape index (κ3) is 6.17. The number of benzene rings is 1. The molecule has 2 heterocycles. The number of nitrogens with zero attached hydrogens (tertiary/aromatic N) is 4. The van der Waals surface area contributed by atoms with Crippen molar-refractivity contribution in [3.63, 3.8) is 0 Å². The third-order valence-electron chi connectivity index (χ3n) is 4.90. The summed E-state index contributed by atoms with van der Waals surface area (Å²) in [7, 11) is 1.58. The number of likely N-dealkylation sites (tertiary alicyclic amines) is 1. The molecule has 3 rings (SSSR count). The van der Waals surface area contributed by atoms with Crippen LogP contribution >= 0.6 is 11.6 Å². The number of rotatable bonds is 9. The van der Waals surface area contributed by atoms with Crippen LogP contribution in [0.3, 0.4) is 0 Å². The van der Waals surface area contributed by atoms with Crippen molar-refractivity contribution in [1.82, 2.24) is 25.0 Å². The molecular formula is C20H26ClN5O4. The second kappa shape index (κ2) is 10.9. The number of amides is 2. The molecule has 1 saturated heterocycles. The molecule has 0 unspecified atom stereocenters. The van der Waals surface area contributed by atoms with Gasteiger partial charge in [-0.25, -0.2) is 4.98 Å². The van der Waals surface area contributed by atoms with Crippen LogP contribution in [0, 0.1) is 0 Å². The van der Waals surface area contributed by atoms with E-state index in [0.717, 1.165) is 12.8 Å². The molecule has 2 aromatic rings. The minimum atomic E-state index is -0.210. The topological polar surface area (TPSA) is 98.6 Å². The number of hydrogen-bond donors (Lipinski definition) is 1. The lowest BCUT2D eigenvalue weighted by Gasteiger charge is -2.32. The van der Waals surface area contributed by atoms with E-state index >= 15 is 0 Å². The number of methoxy groups -OCH3 is 1. The fourth-order valence-electron chi connectivity index (χ4n) is 3.23. The maximum atomic E-state index is 12.4. The first-order valence-corrected chi connectivity index (χ1v) is 10.3. The van der Waals surface area contributed by atoms with Crippen LogP contribution in [0.15, 0.2) is 30.9 Å². The first-order valence-electron chi connectivity index (χ1n) is 9.90. The molecule has 0 aliphatic carbocycles. The Morgan fingerprint density at radius 2 is 2.10 bits per heavy atom. The van der Waals surface area contributed by atoms with Crippen LogP contribution in [0.1, 0.15) is 29.6 Å². The van der Waals surface area contributed by atoms with Gasteiger partial charge in [0.1, 0.15) is 24.5 Å². The van der Waals surface area contributed by atoms with Gasteiger partial charge in [0.05, 0.1) is 18.2 Å². The molecule has 1 aliphatic heterocycles. The first-order chi connectivity index (χ1) is 14.6. The lowest BCUT2D eigenvalue weighted by molar-refractivity contribution is -0.133. The van der Waals surface area contributed by atoms with Crippen LogP contribution < -0.4 is 10.1 Å². The van der Waals surface area contributed by atoms with Crippen LogP contribution in [0.2, 0.25) is 5.02 Å². The van der Waals surface area contributed by atoms with Gasteiger partial charge < -0.3 is 19.7 Å². The summed E-state index contributed by atoms with van der Waals surface area (Å²) in [6.45, 7) is 2.68. The Balaban J connectivity index is 1.45. The van der Waals surface area contributed by atoms with Crippen molar-refractivity contribution in [2.75, 3.05) is 33.4 Å². The minimum Gasteiger partial charge on any atom is -0.489 e. The largest absolute Gasteiger partial charge is 0.489 e. The van der Waals surface area contributed by atoms with Gasteiger partial charge in [0.15, 0.2) is 0 Å². The quantitative estimate of drug-likeness (QED) is 0.603. The monoisotopic (exact) mass is 435 g/mol. The molecule has 0 radical (unpaired) electrons. The molecule has 1 aromatic carbocycles. The third-order valence-corrected chi connectivity index (χ3v) is 5.19. The molecule has 1 N–H and O–H groups in total. The normalized spacial score (nSPS) is 14.5. The molecule has 1 aliphatic rings. The summed E-state index contributed by atoms with van der Waals surface area (Å²) in [4.78, 5) is 30.2. The summed E-state index contributed by atoms with van der Waals surface area (Å²) in [6, 6.07) is 5.00. The first kappa shape index (κ1) is 22.0. The second-order valence-corrected chi connectivity index (χ2v) is 7.41. The van der Waals surface area contributed by atoms with Crippen molar-refractivity contribution in [3.05, 3.63) is 41.4 Å². The number of hydrogen-bond acceptors (Lipinski definition) is 6. The van der Waals surface area contributed by atoms with E-state index in [2.05, 4.69) is 15.4 Å². The van der Waals surface area contributed by atoms with Crippen molar-refractivity contribution in [2.24, 2.45) is 0 Å². The van der Waals surface area contributed by atoms with Crippen LogP contribution in [0.4, 0.5) is 0 Å². The average molecular weight is 436 g/mol. The smallest absolute Gasteiger partial charge is 0.251 e. The summed E-state index contributed by atoms with van der Waals surface area (Å²) < 4.78 is 12.6. The average Bonchev–Trinajstić information content (AvgIpc) is 3.28. The van der Waals surface area contributed by atoms with Crippen LogP contribution in [-0.4, -0.2) is 70.9 Å². The predicted octanol–water partition coefficient (Wildman–Crippen LogP) is 1.77. The lowest BCUT2D eigenvalue weighted by atomic mass is 10.1. The van der Waals surface area contributed by atoms with Gasteiger partial charge in [-0.05, 0) is 18.2 Å². The Morgan fingerprint density at radius 3 is 2.77 bits per heavy atom. The molecule has 1 fully saturated rings. The van der Waals surface area contributed by atoms with E-state index in [1.807, 2.05) is 4.90 Å². The minimum absolute atomic E-state index is 0.0248. The van der Waals surface area contributed by atoms with Crippen LogP contribution in [0.25, 0.3) is 0 Å². The molecule has 0 atom stereocenters. The second-order valence-electron chi connectivity index (χ2n) is 7.00. The van der Waals surface area contributed by atoms with Gasteiger partial charge in [0.25, 0.3) is 5.91 Å². The molecule has 2 amide bonds. The number of nitrogens with one attached hydrogen (secondary N) is 1. The lowest BCUT2D eigenvalue weighted by Crippen LogP contribution is -2.42. The van der Waals surface area contributed by atoms with Crippen molar-refractivity contribution in [2.45, 2.75) is 31.9 Å². The van der Waals surface area contributed by atoms with Crippen LogP contribution in [0.5, 0.6) is 5.75 Å². The molecule has 9 nitrogen and oxygen atoms in total. The zero-order valence-corrected chi connectivity index (χ0v) is 17.7. The molecule has 0 bridgehead atoms. The number of aryl methyl sites for hydroxylation is 1. The van der Waals surface area contributed by atoms with E-state index in [1.165, 1.54) is 6.33 Å². The molecule has 30 heavy (non-hydrogen) atoms. The Bertz CT molecular complexity index is 838. The summed E-state index contributed by atoms with van der Waals surface area (Å²) >= 11 is 6.32. The molecular weight excluding hydrogens is 410 g/mol. The van der Waals surface area contributed by atoms with E-state index in [4.69, 9.17) is 21.1 Å². The van der Waals surface area contributed by atoms with Crippen LogP contribution in [-0.2, 0) is 16.1 Å². The standard InChI is InChI=1S/C20H26ClN5O4/c1-29-11-7-23-20(28)15-2-3-18(17(21)12-15)30-16-4-8-25(9-5-16)19(27)6-10-26-14-22-13-24-26/h2-3,12-14,16H,4-11H2,1H3,(H,23,28). The number of ether oxygens (including phenoxy) is 2. The van der Waals surface area contributed by atoms with Gasteiger partial charge >= 0.3 is 0 Å². The highest BCUT2D eigenvalue weighted by atomic mass is 35.5. The maximum Gasteiger partial charge on any atom is 0.251 e. The van der Waals surface area contributed by atoms with E-state index in [0.29, 0.717) is 55.5 Å². The number of aromatic nitrogens is 3. The zero-order chi connectivity index (χ0) is 21.3. The van der Waals surface area contributed by atoms with E-state index in [1.54, 1.807) is 36.3 Å². The Morgan fingerprint density at radius 1 is 1.30 bits per heavy atom. The highest BCUT2D eigenvalue weighted by Gasteiger charge is 2.24. The Kier molecular flexibility index (Phi) is 8.04. The van der Waals surface area contributed by atoms with Gasteiger partial charge in [0.2, 0.25) is 5.91 Å². The Hall–Kier alpha value is -2.65. The Labute approximate surface area is 180 Å². The van der Waals surface area contributed by atoms with Gasteiger partial charge in [-0.3, -0.25) is 14.3 Å². The van der Waals surface area contributed by atoms with Gasteiger partial charge in [0, 0.05) is 51.6 Å². The SMILES string of the molecule is COCCNC(=O)c1ccc(OC2CCN(C(=O)CCn3cncn3)CC2)c(Cl)c1. The van der Waals surface area contributed by atoms with E-state index in [-0.39, 0.29) is 17.9 Å². The number of carbonyl (C=O) groups excluding carboxylic acids is 2. The zero-order valence-electron chi connectivity index (χ0n) is 16.9. The summed E-state index contributed by atoms with van der Waals surface area (Å²) in [5.41, 5.74) is 0.469. The summed E-state index contributed by atoms with van der Waals surface area (Å²) in [6.07, 6.45) is 4.89. The highest BCUT2D eigenvalue weighted by Crippen LogP contribution is 2.28. The van der Waals surface area contributed by atoms with Crippen molar-refractivity contribution in [1.29, 1.82) is 0 Å². The number of halogens is 1. The van der Waals surface area contributed by atoms with Gasteiger partial charge in [-0.2, -0.15) is 5.10 Å². The summed E-state index contributed by atoms with van der Waals surface area (Å²) in [5, 5.41) is 7.15. The molecule has 10 heteroatoms. The van der Waals surface area contributed by atoms with Crippen molar-refractivity contribution < 1.29 is 19.1 Å². The highest BCUT2D eigenvalue weighted by molar-refractivity contribution is 6.32. The molecule has 162 valence electrons. The fourth-order valence-corrected chi connectivity index (χ4v) is 3.45. The fraction of sp³-hybridized carbons (Fsp3) is 0.500. The predicted molar refractivity (Wildman–Crippen MR) is 111 cm³/mol. The van der Waals surface area contributed by atoms with Crippen molar-refractivity contribution in [3.8, 4) is 5.75 Å². The van der Waals surface area contributed by atoms with E-state index < -0.39 is 0 Å². The van der Waals surface area contributed by atoms with Gasteiger partial charge in [-0.15, -0.1) is 0 Å². The number of piperidine rings is 1.